The lowest BCUT2D eigenvalue weighted by molar-refractivity contribution is -0.139. The van der Waals surface area contributed by atoms with Gasteiger partial charge in [-0.25, -0.2) is 9.59 Å². The quantitative estimate of drug-likeness (QED) is 0.0837. The Morgan fingerprint density at radius 3 is 1.36 bits per heavy atom. The van der Waals surface area contributed by atoms with E-state index >= 15 is 0 Å². The largest absolute Gasteiger partial charge is 0.490 e. The summed E-state index contributed by atoms with van der Waals surface area (Å²) in [5, 5.41) is 0. The summed E-state index contributed by atoms with van der Waals surface area (Å²) in [5.74, 6) is 0.546. The fourth-order valence-electron chi connectivity index (χ4n) is 6.38. The SMILES string of the molecule is C=CC(=O)OCCOc1ccc(C2(c3ccc(OCCOC(=O)C=C)c(C)c3C)c3ccccc3-c3ccccc32)c(C)c1C. The molecule has 230 valence electrons. The molecule has 5 rings (SSSR count). The fraction of sp³-hybridized carbons (Fsp3) is 0.231. The third kappa shape index (κ3) is 5.64. The van der Waals surface area contributed by atoms with Gasteiger partial charge in [0, 0.05) is 12.2 Å². The standard InChI is InChI=1S/C39H38O6/c1-7-37(40)44-23-21-42-35-19-17-31(25(3)27(35)5)39(33-15-11-9-13-29(33)30-14-10-12-16-34(30)39)32-18-20-36(28(6)26(32)4)43-22-24-45-38(41)8-2/h7-20H,1-2,21-24H2,3-6H3. The van der Waals surface area contributed by atoms with E-state index in [9.17, 15) is 9.59 Å². The van der Waals surface area contributed by atoms with Crippen molar-refractivity contribution in [1.82, 2.24) is 0 Å². The van der Waals surface area contributed by atoms with E-state index in [1.807, 2.05) is 12.1 Å². The summed E-state index contributed by atoms with van der Waals surface area (Å²) in [4.78, 5) is 22.9. The highest BCUT2D eigenvalue weighted by atomic mass is 16.6. The number of esters is 2. The van der Waals surface area contributed by atoms with Crippen molar-refractivity contribution in [1.29, 1.82) is 0 Å². The summed E-state index contributed by atoms with van der Waals surface area (Å²) in [5.41, 5.74) is 10.8. The minimum atomic E-state index is -0.604. The molecule has 0 spiro atoms. The average Bonchev–Trinajstić information content (AvgIpc) is 3.35. The van der Waals surface area contributed by atoms with E-state index in [0.29, 0.717) is 0 Å². The lowest BCUT2D eigenvalue weighted by Gasteiger charge is -2.37. The maximum atomic E-state index is 11.5. The van der Waals surface area contributed by atoms with Crippen LogP contribution in [0, 0.1) is 27.7 Å². The Bertz CT molecular complexity index is 1650. The fourth-order valence-corrected chi connectivity index (χ4v) is 6.38. The van der Waals surface area contributed by atoms with Gasteiger partial charge in [-0.15, -0.1) is 0 Å². The van der Waals surface area contributed by atoms with E-state index in [-0.39, 0.29) is 26.4 Å². The van der Waals surface area contributed by atoms with Gasteiger partial charge in [0.15, 0.2) is 0 Å². The molecule has 1 aliphatic rings. The summed E-state index contributed by atoms with van der Waals surface area (Å²) >= 11 is 0. The zero-order chi connectivity index (χ0) is 32.1. The van der Waals surface area contributed by atoms with Crippen LogP contribution in [0.4, 0.5) is 0 Å². The van der Waals surface area contributed by atoms with E-state index in [4.69, 9.17) is 18.9 Å². The Morgan fingerprint density at radius 2 is 0.956 bits per heavy atom. The molecular formula is C39H38O6. The highest BCUT2D eigenvalue weighted by Gasteiger charge is 2.48. The van der Waals surface area contributed by atoms with Gasteiger partial charge >= 0.3 is 11.9 Å². The van der Waals surface area contributed by atoms with E-state index in [1.165, 1.54) is 22.3 Å². The number of hydrogen-bond donors (Lipinski definition) is 0. The number of benzene rings is 4. The number of carbonyl (C=O) groups is 2. The first kappa shape index (κ1) is 31.3. The van der Waals surface area contributed by atoms with Crippen molar-refractivity contribution in [3.05, 3.63) is 143 Å². The maximum absolute atomic E-state index is 11.5. The minimum Gasteiger partial charge on any atom is -0.490 e. The molecule has 4 aromatic rings. The Labute approximate surface area is 264 Å². The van der Waals surface area contributed by atoms with Crippen LogP contribution in [0.5, 0.6) is 11.5 Å². The molecule has 6 heteroatoms. The second kappa shape index (κ2) is 13.3. The minimum absolute atomic E-state index is 0.138. The highest BCUT2D eigenvalue weighted by molar-refractivity contribution is 5.87. The lowest BCUT2D eigenvalue weighted by atomic mass is 9.64. The molecule has 45 heavy (non-hydrogen) atoms. The topological polar surface area (TPSA) is 71.1 Å². The van der Waals surface area contributed by atoms with Crippen molar-refractivity contribution in [2.75, 3.05) is 26.4 Å². The monoisotopic (exact) mass is 602 g/mol. The lowest BCUT2D eigenvalue weighted by Crippen LogP contribution is -2.31. The molecule has 0 radical (unpaired) electrons. The zero-order valence-electron chi connectivity index (χ0n) is 26.3. The van der Waals surface area contributed by atoms with Gasteiger partial charge in [-0.05, 0) is 95.5 Å². The van der Waals surface area contributed by atoms with Gasteiger partial charge < -0.3 is 18.9 Å². The van der Waals surface area contributed by atoms with Crippen LogP contribution in [0.3, 0.4) is 0 Å². The van der Waals surface area contributed by atoms with Crippen LogP contribution >= 0.6 is 0 Å². The first-order chi connectivity index (χ1) is 21.7. The maximum Gasteiger partial charge on any atom is 0.330 e. The number of rotatable bonds is 12. The van der Waals surface area contributed by atoms with Crippen LogP contribution in [-0.4, -0.2) is 38.4 Å². The molecule has 0 aromatic heterocycles. The number of ether oxygens (including phenoxy) is 4. The molecule has 0 N–H and O–H groups in total. The van der Waals surface area contributed by atoms with Crippen molar-refractivity contribution in [3.8, 4) is 22.6 Å². The van der Waals surface area contributed by atoms with E-state index in [2.05, 4.69) is 102 Å². The normalized spacial score (nSPS) is 12.4. The van der Waals surface area contributed by atoms with Crippen LogP contribution in [0.15, 0.2) is 98.1 Å². The summed E-state index contributed by atoms with van der Waals surface area (Å²) in [6.07, 6.45) is 2.29. The molecule has 0 atom stereocenters. The van der Waals surface area contributed by atoms with Crippen LogP contribution in [0.25, 0.3) is 11.1 Å². The predicted octanol–water partition coefficient (Wildman–Crippen LogP) is 7.50. The van der Waals surface area contributed by atoms with Crippen molar-refractivity contribution < 1.29 is 28.5 Å². The number of carbonyl (C=O) groups excluding carboxylic acids is 2. The smallest absolute Gasteiger partial charge is 0.330 e. The Kier molecular flexibility index (Phi) is 9.24. The van der Waals surface area contributed by atoms with Crippen molar-refractivity contribution >= 4 is 11.9 Å². The second-order valence-electron chi connectivity index (χ2n) is 11.0. The zero-order valence-corrected chi connectivity index (χ0v) is 26.3. The summed E-state index contributed by atoms with van der Waals surface area (Å²) in [6.45, 7) is 16.0. The summed E-state index contributed by atoms with van der Waals surface area (Å²) in [7, 11) is 0. The summed E-state index contributed by atoms with van der Waals surface area (Å²) in [6, 6.07) is 25.6. The number of fused-ring (bicyclic) bond motifs is 3. The van der Waals surface area contributed by atoms with Crippen LogP contribution in [0.1, 0.15) is 44.5 Å². The van der Waals surface area contributed by atoms with E-state index in [0.717, 1.165) is 57.0 Å². The predicted molar refractivity (Wildman–Crippen MR) is 176 cm³/mol. The van der Waals surface area contributed by atoms with Gasteiger partial charge in [-0.1, -0.05) is 73.8 Å². The highest BCUT2D eigenvalue weighted by Crippen LogP contribution is 2.58. The van der Waals surface area contributed by atoms with Crippen LogP contribution in [0.2, 0.25) is 0 Å². The third-order valence-corrected chi connectivity index (χ3v) is 8.74. The van der Waals surface area contributed by atoms with Crippen LogP contribution < -0.4 is 9.47 Å². The molecule has 1 aliphatic carbocycles. The first-order valence-electron chi connectivity index (χ1n) is 15.0. The Hall–Kier alpha value is -5.10. The molecule has 0 saturated carbocycles. The molecule has 0 heterocycles. The molecule has 6 nitrogen and oxygen atoms in total. The molecule has 0 saturated heterocycles. The Morgan fingerprint density at radius 1 is 0.556 bits per heavy atom. The first-order valence-corrected chi connectivity index (χ1v) is 15.0. The second-order valence-corrected chi connectivity index (χ2v) is 11.0. The molecule has 4 aromatic carbocycles. The van der Waals surface area contributed by atoms with E-state index < -0.39 is 17.4 Å². The van der Waals surface area contributed by atoms with Gasteiger partial charge in [0.25, 0.3) is 0 Å². The van der Waals surface area contributed by atoms with Gasteiger partial charge in [-0.2, -0.15) is 0 Å². The van der Waals surface area contributed by atoms with Gasteiger partial charge in [0.2, 0.25) is 0 Å². The number of hydrogen-bond acceptors (Lipinski definition) is 6. The molecule has 0 aliphatic heterocycles. The van der Waals surface area contributed by atoms with Crippen LogP contribution in [-0.2, 0) is 24.5 Å². The van der Waals surface area contributed by atoms with Gasteiger partial charge in [0.1, 0.15) is 37.9 Å². The van der Waals surface area contributed by atoms with Crippen molar-refractivity contribution in [2.24, 2.45) is 0 Å². The average molecular weight is 603 g/mol. The molecule has 0 unspecified atom stereocenters. The third-order valence-electron chi connectivity index (χ3n) is 8.74. The molecule has 0 bridgehead atoms. The molecule has 0 fully saturated rings. The summed E-state index contributed by atoms with van der Waals surface area (Å²) < 4.78 is 22.3. The van der Waals surface area contributed by atoms with Crippen molar-refractivity contribution in [2.45, 2.75) is 33.1 Å². The Balaban J connectivity index is 1.63. The van der Waals surface area contributed by atoms with Gasteiger partial charge in [-0.3, -0.25) is 0 Å². The van der Waals surface area contributed by atoms with Gasteiger partial charge in [0.05, 0.1) is 5.41 Å². The molecular weight excluding hydrogens is 564 g/mol. The van der Waals surface area contributed by atoms with Crippen molar-refractivity contribution in [3.63, 3.8) is 0 Å². The molecule has 0 amide bonds. The van der Waals surface area contributed by atoms with E-state index in [1.54, 1.807) is 0 Å².